The Balaban J connectivity index is 1.23. The SMILES string of the molecule is C=C/C=C(\C=C/C)C(=O)Nc1cccc(-c2csc(CCC(=O)NC3CCN(Cc4ccc(Cl)c(Cl)c4)CC3)n2)c1. The minimum Gasteiger partial charge on any atom is -0.353 e. The lowest BCUT2D eigenvalue weighted by atomic mass is 10.0. The van der Waals surface area contributed by atoms with Crippen molar-refractivity contribution in [3.63, 3.8) is 0 Å². The van der Waals surface area contributed by atoms with Crippen molar-refractivity contribution < 1.29 is 9.59 Å². The van der Waals surface area contributed by atoms with Crippen LogP contribution in [0.5, 0.6) is 0 Å². The molecule has 0 aliphatic carbocycles. The molecule has 0 atom stereocenters. The zero-order chi connectivity index (χ0) is 29.2. The van der Waals surface area contributed by atoms with E-state index in [1.807, 2.05) is 60.8 Å². The number of likely N-dealkylation sites (tertiary alicyclic amines) is 1. The molecular weight excluding hydrogens is 575 g/mol. The maximum Gasteiger partial charge on any atom is 0.255 e. The van der Waals surface area contributed by atoms with E-state index in [0.717, 1.165) is 54.3 Å². The van der Waals surface area contributed by atoms with Crippen molar-refractivity contribution in [2.75, 3.05) is 18.4 Å². The second kappa shape index (κ2) is 15.1. The Morgan fingerprint density at radius 3 is 2.68 bits per heavy atom. The van der Waals surface area contributed by atoms with Crippen LogP contribution in [0, 0.1) is 0 Å². The summed E-state index contributed by atoms with van der Waals surface area (Å²) in [6.45, 7) is 8.19. The van der Waals surface area contributed by atoms with Gasteiger partial charge in [-0.05, 0) is 49.6 Å². The van der Waals surface area contributed by atoms with Gasteiger partial charge in [0, 0.05) is 60.7 Å². The van der Waals surface area contributed by atoms with Gasteiger partial charge in [-0.1, -0.05) is 72.3 Å². The van der Waals surface area contributed by atoms with Crippen LogP contribution < -0.4 is 10.6 Å². The standard InChI is InChI=1S/C32H34Cl2N4O2S/c1-3-6-23(7-4-2)32(40)36-26-9-5-8-24(19-26)29-21-41-31(37-29)13-12-30(39)35-25-14-16-38(17-15-25)20-22-10-11-27(33)28(34)18-22/h3-11,18-19,21,25H,1,12-17,20H2,2H3,(H,35,39)(H,36,40)/b7-4-,23-6+. The van der Waals surface area contributed by atoms with Gasteiger partial charge in [-0.2, -0.15) is 0 Å². The molecule has 0 unspecified atom stereocenters. The summed E-state index contributed by atoms with van der Waals surface area (Å²) in [5.74, 6) is -0.152. The summed E-state index contributed by atoms with van der Waals surface area (Å²) in [7, 11) is 0. The molecule has 2 N–H and O–H groups in total. The van der Waals surface area contributed by atoms with Crippen LogP contribution >= 0.6 is 34.5 Å². The largest absolute Gasteiger partial charge is 0.353 e. The Morgan fingerprint density at radius 2 is 1.95 bits per heavy atom. The number of anilines is 1. The third kappa shape index (κ3) is 9.13. The Kier molecular flexibility index (Phi) is 11.3. The Bertz CT molecular complexity index is 1440. The van der Waals surface area contributed by atoms with E-state index < -0.39 is 0 Å². The zero-order valence-electron chi connectivity index (χ0n) is 23.0. The number of hydrogen-bond acceptors (Lipinski definition) is 5. The number of aryl methyl sites for hydroxylation is 1. The third-order valence-corrected chi connectivity index (χ3v) is 8.43. The molecule has 0 saturated carbocycles. The van der Waals surface area contributed by atoms with Gasteiger partial charge in [-0.3, -0.25) is 14.5 Å². The zero-order valence-corrected chi connectivity index (χ0v) is 25.4. The number of allylic oxidation sites excluding steroid dienone is 3. The van der Waals surface area contributed by atoms with Gasteiger partial charge in [-0.25, -0.2) is 4.98 Å². The van der Waals surface area contributed by atoms with Crippen molar-refractivity contribution in [3.05, 3.63) is 105 Å². The summed E-state index contributed by atoms with van der Waals surface area (Å²) in [4.78, 5) is 32.4. The Labute approximate surface area is 255 Å². The summed E-state index contributed by atoms with van der Waals surface area (Å²) < 4.78 is 0. The van der Waals surface area contributed by atoms with Crippen LogP contribution in [-0.4, -0.2) is 40.8 Å². The fourth-order valence-electron chi connectivity index (χ4n) is 4.68. The fraction of sp³-hybridized carbons (Fsp3) is 0.281. The Morgan fingerprint density at radius 1 is 1.15 bits per heavy atom. The highest BCUT2D eigenvalue weighted by Crippen LogP contribution is 2.26. The van der Waals surface area contributed by atoms with Gasteiger partial charge in [-0.15, -0.1) is 11.3 Å². The quantitative estimate of drug-likeness (QED) is 0.175. The predicted molar refractivity (Wildman–Crippen MR) is 170 cm³/mol. The van der Waals surface area contributed by atoms with Gasteiger partial charge in [0.1, 0.15) is 0 Å². The molecule has 1 fully saturated rings. The molecular formula is C32H34Cl2N4O2S. The molecule has 1 aliphatic heterocycles. The molecule has 1 saturated heterocycles. The lowest BCUT2D eigenvalue weighted by molar-refractivity contribution is -0.122. The molecule has 2 amide bonds. The average molecular weight is 610 g/mol. The molecule has 9 heteroatoms. The van der Waals surface area contributed by atoms with Crippen LogP contribution in [0.15, 0.2) is 84.3 Å². The minimum atomic E-state index is -0.206. The number of aromatic nitrogens is 1. The van der Waals surface area contributed by atoms with Crippen molar-refractivity contribution in [2.24, 2.45) is 0 Å². The number of rotatable bonds is 11. The van der Waals surface area contributed by atoms with Gasteiger partial charge < -0.3 is 10.6 Å². The van der Waals surface area contributed by atoms with Crippen LogP contribution in [0.25, 0.3) is 11.3 Å². The van der Waals surface area contributed by atoms with E-state index in [9.17, 15) is 9.59 Å². The highest BCUT2D eigenvalue weighted by Gasteiger charge is 2.21. The van der Waals surface area contributed by atoms with E-state index >= 15 is 0 Å². The highest BCUT2D eigenvalue weighted by atomic mass is 35.5. The molecule has 4 rings (SSSR count). The van der Waals surface area contributed by atoms with Crippen molar-refractivity contribution in [3.8, 4) is 11.3 Å². The number of carbonyl (C=O) groups is 2. The second-order valence-electron chi connectivity index (χ2n) is 9.89. The molecule has 2 heterocycles. The molecule has 0 bridgehead atoms. The molecule has 1 aromatic heterocycles. The summed E-state index contributed by atoms with van der Waals surface area (Å²) in [6, 6.07) is 13.5. The fourth-order valence-corrected chi connectivity index (χ4v) is 5.81. The van der Waals surface area contributed by atoms with Crippen molar-refractivity contribution in [1.29, 1.82) is 0 Å². The molecule has 214 valence electrons. The summed E-state index contributed by atoms with van der Waals surface area (Å²) >= 11 is 13.7. The predicted octanol–water partition coefficient (Wildman–Crippen LogP) is 7.46. The van der Waals surface area contributed by atoms with E-state index in [-0.39, 0.29) is 17.9 Å². The number of amides is 2. The number of nitrogens with zero attached hydrogens (tertiary/aromatic N) is 2. The van der Waals surface area contributed by atoms with Gasteiger partial charge in [0.25, 0.3) is 5.91 Å². The number of hydrogen-bond donors (Lipinski definition) is 2. The van der Waals surface area contributed by atoms with Gasteiger partial charge >= 0.3 is 0 Å². The first-order valence-electron chi connectivity index (χ1n) is 13.6. The van der Waals surface area contributed by atoms with Gasteiger partial charge in [0.2, 0.25) is 5.91 Å². The first-order valence-corrected chi connectivity index (χ1v) is 15.3. The molecule has 3 aromatic rings. The number of thiazole rings is 1. The van der Waals surface area contributed by atoms with Gasteiger partial charge in [0.05, 0.1) is 20.7 Å². The lowest BCUT2D eigenvalue weighted by Crippen LogP contribution is -2.44. The lowest BCUT2D eigenvalue weighted by Gasteiger charge is -2.32. The molecule has 0 radical (unpaired) electrons. The maximum absolute atomic E-state index is 12.7. The minimum absolute atomic E-state index is 0.0545. The summed E-state index contributed by atoms with van der Waals surface area (Å²) in [5, 5.41) is 10.2. The van der Waals surface area contributed by atoms with E-state index in [1.54, 1.807) is 29.6 Å². The molecule has 1 aliphatic rings. The van der Waals surface area contributed by atoms with E-state index in [2.05, 4.69) is 22.1 Å². The molecule has 6 nitrogen and oxygen atoms in total. The normalized spacial score (nSPS) is 14.8. The first kappa shape index (κ1) is 30.7. The summed E-state index contributed by atoms with van der Waals surface area (Å²) in [5.41, 5.74) is 4.08. The van der Waals surface area contributed by atoms with Gasteiger partial charge in [0.15, 0.2) is 0 Å². The maximum atomic E-state index is 12.7. The highest BCUT2D eigenvalue weighted by molar-refractivity contribution is 7.09. The number of halogens is 2. The number of carbonyl (C=O) groups excluding carboxylic acids is 2. The van der Waals surface area contributed by atoms with Crippen LogP contribution in [0.2, 0.25) is 10.0 Å². The summed E-state index contributed by atoms with van der Waals surface area (Å²) in [6.07, 6.45) is 9.63. The molecule has 41 heavy (non-hydrogen) atoms. The number of piperidine rings is 1. The van der Waals surface area contributed by atoms with E-state index in [4.69, 9.17) is 28.2 Å². The average Bonchev–Trinajstić information content (AvgIpc) is 3.44. The first-order chi connectivity index (χ1) is 19.8. The van der Waals surface area contributed by atoms with E-state index in [1.165, 1.54) is 0 Å². The number of benzene rings is 2. The van der Waals surface area contributed by atoms with Crippen molar-refractivity contribution in [1.82, 2.24) is 15.2 Å². The third-order valence-electron chi connectivity index (χ3n) is 6.78. The van der Waals surface area contributed by atoms with Crippen LogP contribution in [0.4, 0.5) is 5.69 Å². The molecule has 0 spiro atoms. The van der Waals surface area contributed by atoms with Crippen molar-refractivity contribution in [2.45, 2.75) is 45.2 Å². The molecule has 2 aromatic carbocycles. The van der Waals surface area contributed by atoms with Crippen molar-refractivity contribution >= 4 is 52.0 Å². The topological polar surface area (TPSA) is 74.3 Å². The monoisotopic (exact) mass is 608 g/mol. The van der Waals surface area contributed by atoms with Crippen LogP contribution in [0.3, 0.4) is 0 Å². The van der Waals surface area contributed by atoms with Crippen LogP contribution in [-0.2, 0) is 22.6 Å². The van der Waals surface area contributed by atoms with E-state index in [0.29, 0.717) is 34.1 Å². The Hall–Kier alpha value is -3.23. The van der Waals surface area contributed by atoms with Crippen LogP contribution in [0.1, 0.15) is 36.8 Å². The second-order valence-corrected chi connectivity index (χ2v) is 11.6. The number of nitrogens with one attached hydrogen (secondary N) is 2. The smallest absolute Gasteiger partial charge is 0.255 e.